The maximum absolute atomic E-state index is 14.8. The Kier molecular flexibility index (Phi) is 8.01. The van der Waals surface area contributed by atoms with Crippen molar-refractivity contribution < 1.29 is 27.4 Å². The van der Waals surface area contributed by atoms with Crippen molar-refractivity contribution in [3.63, 3.8) is 0 Å². The van der Waals surface area contributed by atoms with Gasteiger partial charge in [0.25, 0.3) is 6.43 Å². The molecular formula is C23H31F3O3. The second kappa shape index (κ2) is 10.5. The van der Waals surface area contributed by atoms with Gasteiger partial charge in [-0.1, -0.05) is 12.1 Å². The first-order valence-corrected chi connectivity index (χ1v) is 10.6. The molecule has 162 valence electrons. The van der Waals surface area contributed by atoms with Gasteiger partial charge in [-0.2, -0.15) is 0 Å². The maximum atomic E-state index is 14.8. The third kappa shape index (κ3) is 5.54. The van der Waals surface area contributed by atoms with Gasteiger partial charge < -0.3 is 14.2 Å². The first-order chi connectivity index (χ1) is 14.0. The van der Waals surface area contributed by atoms with E-state index in [1.165, 1.54) is 6.07 Å². The van der Waals surface area contributed by atoms with Crippen LogP contribution >= 0.6 is 0 Å². The number of ether oxygens (including phenoxy) is 3. The van der Waals surface area contributed by atoms with Crippen molar-refractivity contribution in [3.8, 4) is 5.75 Å². The zero-order valence-electron chi connectivity index (χ0n) is 17.0. The second-order valence-electron chi connectivity index (χ2n) is 7.97. The van der Waals surface area contributed by atoms with E-state index in [0.29, 0.717) is 24.7 Å². The summed E-state index contributed by atoms with van der Waals surface area (Å²) in [5, 5.41) is 0. The van der Waals surface area contributed by atoms with Gasteiger partial charge in [-0.15, -0.1) is 6.58 Å². The summed E-state index contributed by atoms with van der Waals surface area (Å²) >= 11 is 0. The van der Waals surface area contributed by atoms with Crippen molar-refractivity contribution >= 4 is 0 Å². The maximum Gasteiger partial charge on any atom is 0.270 e. The number of halogens is 3. The van der Waals surface area contributed by atoms with Crippen molar-refractivity contribution in [2.45, 2.75) is 70.0 Å². The predicted octanol–water partition coefficient (Wildman–Crippen LogP) is 6.19. The summed E-state index contributed by atoms with van der Waals surface area (Å²) in [7, 11) is 0. The van der Waals surface area contributed by atoms with Crippen LogP contribution in [0, 0.1) is 11.7 Å². The average molecular weight is 412 g/mol. The van der Waals surface area contributed by atoms with Gasteiger partial charge in [-0.05, 0) is 63.0 Å². The Bertz CT molecular complexity index is 664. The van der Waals surface area contributed by atoms with Crippen LogP contribution in [0.15, 0.2) is 24.8 Å². The van der Waals surface area contributed by atoms with E-state index < -0.39 is 17.8 Å². The molecular weight excluding hydrogens is 381 g/mol. The summed E-state index contributed by atoms with van der Waals surface area (Å²) in [6.45, 7) is 7.05. The Labute approximate surface area is 171 Å². The van der Waals surface area contributed by atoms with Gasteiger partial charge in [0, 0.05) is 5.92 Å². The largest absolute Gasteiger partial charge is 0.493 e. The fourth-order valence-corrected chi connectivity index (χ4v) is 4.35. The summed E-state index contributed by atoms with van der Waals surface area (Å²) < 4.78 is 58.6. The van der Waals surface area contributed by atoms with Gasteiger partial charge in [0.05, 0.1) is 37.6 Å². The lowest BCUT2D eigenvalue weighted by molar-refractivity contribution is -0.0502. The first-order valence-electron chi connectivity index (χ1n) is 10.6. The van der Waals surface area contributed by atoms with Gasteiger partial charge >= 0.3 is 0 Å². The summed E-state index contributed by atoms with van der Waals surface area (Å²) in [6, 6.07) is 3.08. The minimum absolute atomic E-state index is 0.0607. The molecule has 1 aliphatic carbocycles. The third-order valence-electron chi connectivity index (χ3n) is 6.04. The van der Waals surface area contributed by atoms with Crippen molar-refractivity contribution in [2.75, 3.05) is 19.8 Å². The molecule has 1 saturated carbocycles. The standard InChI is InChI=1S/C23H31F3O3/c1-3-17-8-5-15(13-28-17)14-29-18-9-6-16(7-10-18)19-11-12-20(27-4-2)21(22(19)24)23(25)26/h3,11-12,15-18,23H,1,4-10,13-14H2,2H3. The summed E-state index contributed by atoms with van der Waals surface area (Å²) in [4.78, 5) is 0. The van der Waals surface area contributed by atoms with E-state index >= 15 is 0 Å². The third-order valence-corrected chi connectivity index (χ3v) is 6.04. The van der Waals surface area contributed by atoms with Gasteiger partial charge in [0.2, 0.25) is 0 Å². The molecule has 2 aliphatic rings. The zero-order valence-corrected chi connectivity index (χ0v) is 17.0. The number of benzene rings is 1. The molecule has 2 fully saturated rings. The van der Waals surface area contributed by atoms with Gasteiger partial charge in [-0.25, -0.2) is 13.2 Å². The summed E-state index contributed by atoms with van der Waals surface area (Å²) in [5.41, 5.74) is -0.240. The number of alkyl halides is 2. The van der Waals surface area contributed by atoms with Crippen molar-refractivity contribution in [1.29, 1.82) is 0 Å². The Balaban J connectivity index is 1.53. The molecule has 1 aliphatic heterocycles. The quantitative estimate of drug-likeness (QED) is 0.477. The van der Waals surface area contributed by atoms with Gasteiger partial charge in [-0.3, -0.25) is 0 Å². The molecule has 0 spiro atoms. The van der Waals surface area contributed by atoms with Crippen LogP contribution in [0.1, 0.15) is 68.9 Å². The highest BCUT2D eigenvalue weighted by atomic mass is 19.3. The van der Waals surface area contributed by atoms with Crippen LogP contribution in [-0.4, -0.2) is 32.0 Å². The predicted molar refractivity (Wildman–Crippen MR) is 106 cm³/mol. The normalized spacial score (nSPS) is 27.8. The van der Waals surface area contributed by atoms with Crippen LogP contribution in [0.5, 0.6) is 5.75 Å². The van der Waals surface area contributed by atoms with Crippen LogP contribution in [-0.2, 0) is 9.47 Å². The van der Waals surface area contributed by atoms with Crippen LogP contribution in [0.2, 0.25) is 0 Å². The Hall–Kier alpha value is -1.53. The van der Waals surface area contributed by atoms with Gasteiger partial charge in [0.15, 0.2) is 0 Å². The lowest BCUT2D eigenvalue weighted by Gasteiger charge is -2.32. The van der Waals surface area contributed by atoms with E-state index in [-0.39, 0.29) is 30.5 Å². The molecule has 2 atom stereocenters. The molecule has 29 heavy (non-hydrogen) atoms. The van der Waals surface area contributed by atoms with Crippen molar-refractivity contribution in [1.82, 2.24) is 0 Å². The SMILES string of the molecule is C=CC1CCC(COC2CCC(c3ccc(OCC)c(C(F)F)c3F)CC2)CO1. The highest BCUT2D eigenvalue weighted by Gasteiger charge is 2.30. The van der Waals surface area contributed by atoms with E-state index in [4.69, 9.17) is 14.2 Å². The minimum atomic E-state index is -2.89. The van der Waals surface area contributed by atoms with Crippen LogP contribution in [0.25, 0.3) is 0 Å². The highest BCUT2D eigenvalue weighted by molar-refractivity contribution is 5.41. The average Bonchev–Trinajstić information content (AvgIpc) is 2.73. The number of hydrogen-bond donors (Lipinski definition) is 0. The molecule has 3 rings (SSSR count). The fourth-order valence-electron chi connectivity index (χ4n) is 4.35. The molecule has 0 radical (unpaired) electrons. The Morgan fingerprint density at radius 2 is 1.93 bits per heavy atom. The second-order valence-corrected chi connectivity index (χ2v) is 7.97. The molecule has 0 amide bonds. The topological polar surface area (TPSA) is 27.7 Å². The van der Waals surface area contributed by atoms with Crippen LogP contribution < -0.4 is 4.74 Å². The van der Waals surface area contributed by atoms with Crippen molar-refractivity contribution in [3.05, 3.63) is 41.7 Å². The molecule has 0 bridgehead atoms. The van der Waals surface area contributed by atoms with E-state index in [9.17, 15) is 13.2 Å². The molecule has 3 nitrogen and oxygen atoms in total. The molecule has 1 aromatic rings. The van der Waals surface area contributed by atoms with E-state index in [1.54, 1.807) is 13.0 Å². The molecule has 1 heterocycles. The summed E-state index contributed by atoms with van der Waals surface area (Å²) in [5.74, 6) is -0.531. The Morgan fingerprint density at radius 1 is 1.17 bits per heavy atom. The van der Waals surface area contributed by atoms with E-state index in [1.807, 2.05) is 6.08 Å². The summed E-state index contributed by atoms with van der Waals surface area (Å²) in [6.07, 6.45) is 4.39. The minimum Gasteiger partial charge on any atom is -0.493 e. The Morgan fingerprint density at radius 3 is 2.52 bits per heavy atom. The molecule has 2 unspecified atom stereocenters. The van der Waals surface area contributed by atoms with Gasteiger partial charge in [0.1, 0.15) is 11.6 Å². The smallest absolute Gasteiger partial charge is 0.270 e. The zero-order chi connectivity index (χ0) is 20.8. The van der Waals surface area contributed by atoms with Crippen LogP contribution in [0.3, 0.4) is 0 Å². The highest BCUT2D eigenvalue weighted by Crippen LogP contribution is 2.40. The molecule has 1 aromatic carbocycles. The number of rotatable bonds is 8. The number of hydrogen-bond acceptors (Lipinski definition) is 3. The monoisotopic (exact) mass is 412 g/mol. The first kappa shape index (κ1) is 22.2. The fraction of sp³-hybridized carbons (Fsp3) is 0.652. The molecule has 1 saturated heterocycles. The molecule has 0 aromatic heterocycles. The molecule has 6 heteroatoms. The van der Waals surface area contributed by atoms with E-state index in [0.717, 1.165) is 38.5 Å². The lowest BCUT2D eigenvalue weighted by Crippen LogP contribution is -2.30. The molecule has 0 N–H and O–H groups in total. The van der Waals surface area contributed by atoms with Crippen molar-refractivity contribution in [2.24, 2.45) is 5.92 Å². The van der Waals surface area contributed by atoms with Crippen LogP contribution in [0.4, 0.5) is 13.2 Å². The lowest BCUT2D eigenvalue weighted by atomic mass is 9.82. The van der Waals surface area contributed by atoms with E-state index in [2.05, 4.69) is 6.58 Å².